The van der Waals surface area contributed by atoms with E-state index in [0.29, 0.717) is 12.2 Å². The van der Waals surface area contributed by atoms with E-state index in [1.165, 1.54) is 11.1 Å². The van der Waals surface area contributed by atoms with Crippen molar-refractivity contribution in [1.82, 2.24) is 4.57 Å². The number of nitrogens with zero attached hydrogens (tertiary/aromatic N) is 3. The Morgan fingerprint density at radius 1 is 1.14 bits per heavy atom. The van der Waals surface area contributed by atoms with Crippen molar-refractivity contribution < 1.29 is 9.90 Å². The summed E-state index contributed by atoms with van der Waals surface area (Å²) in [5.41, 5.74) is 3.83. The van der Waals surface area contributed by atoms with Crippen LogP contribution < -0.4 is 0 Å². The molecule has 4 rings (SSSR count). The van der Waals surface area contributed by atoms with Gasteiger partial charge in [0.15, 0.2) is 5.69 Å². The van der Waals surface area contributed by atoms with Gasteiger partial charge in [-0.2, -0.15) is 0 Å². The van der Waals surface area contributed by atoms with Crippen molar-refractivity contribution in [1.29, 1.82) is 0 Å². The number of amides is 1. The van der Waals surface area contributed by atoms with Crippen LogP contribution in [0.3, 0.4) is 0 Å². The third-order valence-corrected chi connectivity index (χ3v) is 5.79. The molecule has 0 radical (unpaired) electrons. The molecule has 5 heteroatoms. The molecule has 2 aromatic carbocycles. The van der Waals surface area contributed by atoms with Crippen molar-refractivity contribution in [3.63, 3.8) is 0 Å². The first-order valence-corrected chi connectivity index (χ1v) is 10.2. The van der Waals surface area contributed by atoms with Gasteiger partial charge >= 0.3 is 0 Å². The lowest BCUT2D eigenvalue weighted by Gasteiger charge is -2.19. The zero-order valence-corrected chi connectivity index (χ0v) is 17.4. The summed E-state index contributed by atoms with van der Waals surface area (Å²) in [6.45, 7) is 9.15. The highest BCUT2D eigenvalue weighted by Crippen LogP contribution is 2.49. The number of benzene rings is 2. The fourth-order valence-electron chi connectivity index (χ4n) is 3.93. The van der Waals surface area contributed by atoms with Gasteiger partial charge in [-0.05, 0) is 41.9 Å². The molecule has 2 atom stereocenters. The van der Waals surface area contributed by atoms with Gasteiger partial charge in [0.1, 0.15) is 0 Å². The Hall–Kier alpha value is -2.95. The Balaban J connectivity index is 1.51. The fraction of sp³-hybridized carbons (Fsp3) is 0.375. The van der Waals surface area contributed by atoms with Crippen LogP contribution in [0, 0.1) is 5.92 Å². The van der Waals surface area contributed by atoms with E-state index in [4.69, 9.17) is 0 Å². The molecule has 2 unspecified atom stereocenters. The average Bonchev–Trinajstić information content (AvgIpc) is 3.45. The molecule has 1 amide bonds. The largest absolute Gasteiger partial charge is 0.493 e. The molecular formula is C24H27N3O2. The lowest BCUT2D eigenvalue weighted by Crippen LogP contribution is -2.10. The predicted molar refractivity (Wildman–Crippen MR) is 115 cm³/mol. The van der Waals surface area contributed by atoms with Gasteiger partial charge in [0.25, 0.3) is 5.91 Å². The maximum atomic E-state index is 12.6. The van der Waals surface area contributed by atoms with E-state index in [1.807, 2.05) is 31.2 Å². The Morgan fingerprint density at radius 3 is 2.48 bits per heavy atom. The molecule has 29 heavy (non-hydrogen) atoms. The van der Waals surface area contributed by atoms with Crippen molar-refractivity contribution in [3.05, 3.63) is 59.7 Å². The normalized spacial score (nSPS) is 19.2. The minimum absolute atomic E-state index is 0.0513. The molecule has 1 aromatic heterocycles. The number of rotatable bonds is 4. The first-order chi connectivity index (χ1) is 13.8. The zero-order valence-electron chi connectivity index (χ0n) is 17.4. The third kappa shape index (κ3) is 3.57. The van der Waals surface area contributed by atoms with Crippen molar-refractivity contribution >= 4 is 22.5 Å². The molecule has 3 aromatic rings. The monoisotopic (exact) mass is 389 g/mol. The lowest BCUT2D eigenvalue weighted by molar-refractivity contribution is -0.119. The summed E-state index contributed by atoms with van der Waals surface area (Å²) in [6.07, 6.45) is 0.801. The third-order valence-electron chi connectivity index (χ3n) is 5.79. The maximum Gasteiger partial charge on any atom is 0.268 e. The molecule has 1 aliphatic rings. The van der Waals surface area contributed by atoms with Crippen LogP contribution >= 0.6 is 0 Å². The fourth-order valence-corrected chi connectivity index (χ4v) is 3.93. The number of hydrogen-bond donors (Lipinski definition) is 1. The van der Waals surface area contributed by atoms with Gasteiger partial charge < -0.3 is 9.67 Å². The Morgan fingerprint density at radius 2 is 1.83 bits per heavy atom. The summed E-state index contributed by atoms with van der Waals surface area (Å²) < 4.78 is 1.77. The summed E-state index contributed by atoms with van der Waals surface area (Å²) in [5, 5.41) is 19.4. The standard InChI is InChI=1S/C24H27N3O2/c1-5-27-20-9-7-6-8-17(20)21(23(27)29)25-26-22(28)19-14-18(19)15-10-12-16(13-11-15)24(2,3)4/h6-13,18-19,29H,5,14H2,1-4H3. The summed E-state index contributed by atoms with van der Waals surface area (Å²) in [5.74, 6) is -0.0834. The molecule has 0 bridgehead atoms. The summed E-state index contributed by atoms with van der Waals surface area (Å²) in [4.78, 5) is 12.6. The molecule has 0 aliphatic heterocycles. The number of carbonyl (C=O) groups excluding carboxylic acids is 1. The highest BCUT2D eigenvalue weighted by molar-refractivity contribution is 5.95. The van der Waals surface area contributed by atoms with E-state index in [9.17, 15) is 9.90 Å². The van der Waals surface area contributed by atoms with E-state index < -0.39 is 0 Å². The Labute approximate surface area is 171 Å². The highest BCUT2D eigenvalue weighted by atomic mass is 16.3. The van der Waals surface area contributed by atoms with Crippen LogP contribution in [0.5, 0.6) is 5.88 Å². The average molecular weight is 389 g/mol. The molecule has 0 spiro atoms. The molecule has 1 aliphatic carbocycles. The summed E-state index contributed by atoms with van der Waals surface area (Å²) >= 11 is 0. The van der Waals surface area contributed by atoms with Crippen molar-refractivity contribution in [2.24, 2.45) is 16.1 Å². The van der Waals surface area contributed by atoms with Gasteiger partial charge in [-0.25, -0.2) is 0 Å². The molecule has 1 saturated carbocycles. The Kier molecular flexibility index (Phi) is 4.77. The van der Waals surface area contributed by atoms with E-state index in [1.54, 1.807) is 4.57 Å². The minimum atomic E-state index is -0.220. The number of aryl methyl sites for hydroxylation is 1. The van der Waals surface area contributed by atoms with Crippen LogP contribution in [0.25, 0.3) is 10.9 Å². The number of aromatic nitrogens is 1. The molecule has 1 heterocycles. The first-order valence-electron chi connectivity index (χ1n) is 10.2. The molecule has 0 saturated heterocycles. The highest BCUT2D eigenvalue weighted by Gasteiger charge is 2.44. The quantitative estimate of drug-likeness (QED) is 0.550. The second kappa shape index (κ2) is 7.14. The maximum absolute atomic E-state index is 12.6. The number of azo groups is 1. The van der Waals surface area contributed by atoms with E-state index in [-0.39, 0.29) is 29.0 Å². The lowest BCUT2D eigenvalue weighted by atomic mass is 9.86. The SMILES string of the molecule is CCn1c(O)c(N=NC(=O)C2CC2c2ccc(C(C)(C)C)cc2)c2ccccc21. The van der Waals surface area contributed by atoms with Crippen molar-refractivity contribution in [2.45, 2.75) is 52.0 Å². The number of para-hydroxylation sites is 1. The van der Waals surface area contributed by atoms with Crippen LogP contribution in [0.4, 0.5) is 5.69 Å². The van der Waals surface area contributed by atoms with E-state index in [2.05, 4.69) is 55.3 Å². The van der Waals surface area contributed by atoms with Crippen molar-refractivity contribution in [2.75, 3.05) is 0 Å². The molecular weight excluding hydrogens is 362 g/mol. The smallest absolute Gasteiger partial charge is 0.268 e. The van der Waals surface area contributed by atoms with Crippen LogP contribution in [0.15, 0.2) is 58.8 Å². The van der Waals surface area contributed by atoms with Crippen LogP contribution in [0.1, 0.15) is 51.2 Å². The Bertz CT molecular complexity index is 1090. The van der Waals surface area contributed by atoms with Crippen LogP contribution in [0.2, 0.25) is 0 Å². The predicted octanol–water partition coefficient (Wildman–Crippen LogP) is 6.08. The van der Waals surface area contributed by atoms with Gasteiger partial charge in [-0.3, -0.25) is 4.79 Å². The topological polar surface area (TPSA) is 66.9 Å². The number of hydrogen-bond acceptors (Lipinski definition) is 3. The summed E-state index contributed by atoms with van der Waals surface area (Å²) in [7, 11) is 0. The van der Waals surface area contributed by atoms with E-state index in [0.717, 1.165) is 17.3 Å². The van der Waals surface area contributed by atoms with Crippen LogP contribution in [-0.2, 0) is 16.8 Å². The second-order valence-electron chi connectivity index (χ2n) is 8.79. The molecule has 150 valence electrons. The van der Waals surface area contributed by atoms with Gasteiger partial charge in [0, 0.05) is 17.8 Å². The number of fused-ring (bicyclic) bond motifs is 1. The first kappa shape index (κ1) is 19.4. The van der Waals surface area contributed by atoms with Gasteiger partial charge in [0.2, 0.25) is 5.88 Å². The van der Waals surface area contributed by atoms with E-state index >= 15 is 0 Å². The van der Waals surface area contributed by atoms with Gasteiger partial charge in [-0.15, -0.1) is 10.2 Å². The molecule has 1 fully saturated rings. The van der Waals surface area contributed by atoms with Gasteiger partial charge in [-0.1, -0.05) is 63.2 Å². The number of aromatic hydroxyl groups is 1. The zero-order chi connectivity index (χ0) is 20.8. The minimum Gasteiger partial charge on any atom is -0.493 e. The molecule has 5 nitrogen and oxygen atoms in total. The van der Waals surface area contributed by atoms with Gasteiger partial charge in [0.05, 0.1) is 5.52 Å². The molecule has 1 N–H and O–H groups in total. The second-order valence-corrected chi connectivity index (χ2v) is 8.79. The summed E-state index contributed by atoms with van der Waals surface area (Å²) in [6, 6.07) is 16.2. The number of carbonyl (C=O) groups is 1. The van der Waals surface area contributed by atoms with Crippen molar-refractivity contribution in [3.8, 4) is 5.88 Å². The van der Waals surface area contributed by atoms with Crippen LogP contribution in [-0.4, -0.2) is 15.6 Å².